The zero-order chi connectivity index (χ0) is 12.0. The minimum atomic E-state index is -1.16. The molecular weight excluding hydrogens is 226 g/mol. The van der Waals surface area contributed by atoms with Gasteiger partial charge in [-0.1, -0.05) is 12.1 Å². The van der Waals surface area contributed by atoms with Crippen molar-refractivity contribution in [3.8, 4) is 0 Å². The maximum absolute atomic E-state index is 11.4. The van der Waals surface area contributed by atoms with E-state index in [4.69, 9.17) is 0 Å². The molecule has 1 amide bonds. The van der Waals surface area contributed by atoms with Gasteiger partial charge in [-0.3, -0.25) is 4.79 Å². The van der Waals surface area contributed by atoms with E-state index in [1.165, 1.54) is 0 Å². The van der Waals surface area contributed by atoms with Gasteiger partial charge in [0.05, 0.1) is 11.7 Å². The summed E-state index contributed by atoms with van der Waals surface area (Å²) in [6.45, 7) is 1.93. The summed E-state index contributed by atoms with van der Waals surface area (Å²) in [7, 11) is 0. The van der Waals surface area contributed by atoms with Gasteiger partial charge in [-0.05, 0) is 24.6 Å². The Kier molecular flexibility index (Phi) is 4.85. The molecule has 1 rings (SSSR count). The van der Waals surface area contributed by atoms with Crippen molar-refractivity contribution in [2.75, 3.05) is 16.8 Å². The van der Waals surface area contributed by atoms with Crippen molar-refractivity contribution in [2.24, 2.45) is 0 Å². The summed E-state index contributed by atoms with van der Waals surface area (Å²) in [5, 5.41) is 12.8. The van der Waals surface area contributed by atoms with Crippen LogP contribution >= 0.6 is 11.8 Å². The highest BCUT2D eigenvalue weighted by atomic mass is 32.2. The average Bonchev–Trinajstić information content (AvgIpc) is 2.16. The van der Waals surface area contributed by atoms with Crippen LogP contribution < -0.4 is 10.4 Å². The first-order chi connectivity index (χ1) is 7.58. The van der Waals surface area contributed by atoms with Crippen LogP contribution in [0, 0.1) is 6.92 Å². The number of benzene rings is 1. The minimum absolute atomic E-state index is 0.113. The van der Waals surface area contributed by atoms with Crippen LogP contribution in [-0.4, -0.2) is 23.4 Å². The smallest absolute Gasteiger partial charge is 0.234 e. The lowest BCUT2D eigenvalue weighted by atomic mass is 10.2. The Morgan fingerprint density at radius 3 is 2.75 bits per heavy atom. The second-order valence-electron chi connectivity index (χ2n) is 3.28. The third-order valence-corrected chi connectivity index (χ3v) is 2.66. The van der Waals surface area contributed by atoms with Crippen molar-refractivity contribution in [2.45, 2.75) is 6.92 Å². The van der Waals surface area contributed by atoms with Gasteiger partial charge in [0.1, 0.15) is 0 Å². The molecule has 16 heavy (non-hydrogen) atoms. The molecule has 1 aromatic carbocycles. The Labute approximate surface area is 98.0 Å². The molecule has 86 valence electrons. The number of anilines is 1. The van der Waals surface area contributed by atoms with Crippen molar-refractivity contribution in [1.29, 1.82) is 0 Å². The van der Waals surface area contributed by atoms with Crippen LogP contribution in [0.15, 0.2) is 24.3 Å². The normalized spacial score (nSPS) is 9.81. The van der Waals surface area contributed by atoms with Gasteiger partial charge in [0.15, 0.2) is 0 Å². The number of carbonyl (C=O) groups is 2. The first-order valence-electron chi connectivity index (χ1n) is 4.72. The fraction of sp³-hybridized carbons (Fsp3) is 0.273. The Hall–Kier alpha value is -1.49. The number of hydrogen-bond acceptors (Lipinski definition) is 4. The SMILES string of the molecule is Cc1cccc(NC(=O)CSCC(=O)[O-])c1. The predicted molar refractivity (Wildman–Crippen MR) is 62.1 cm³/mol. The summed E-state index contributed by atoms with van der Waals surface area (Å²) >= 11 is 1.02. The number of carboxylic acid groups (broad SMARTS) is 1. The summed E-state index contributed by atoms with van der Waals surface area (Å²) in [5.74, 6) is -1.42. The lowest BCUT2D eigenvalue weighted by molar-refractivity contribution is -0.301. The van der Waals surface area contributed by atoms with Gasteiger partial charge in [0, 0.05) is 11.4 Å². The fourth-order valence-electron chi connectivity index (χ4n) is 1.15. The van der Waals surface area contributed by atoms with Crippen LogP contribution in [0.5, 0.6) is 0 Å². The molecule has 0 aliphatic carbocycles. The minimum Gasteiger partial charge on any atom is -0.549 e. The van der Waals surface area contributed by atoms with E-state index >= 15 is 0 Å². The van der Waals surface area contributed by atoms with Crippen LogP contribution in [0.2, 0.25) is 0 Å². The molecule has 1 N–H and O–H groups in total. The molecule has 0 atom stereocenters. The molecule has 0 spiro atoms. The van der Waals surface area contributed by atoms with Gasteiger partial charge in [0.2, 0.25) is 5.91 Å². The van der Waals surface area contributed by atoms with Gasteiger partial charge in [-0.25, -0.2) is 0 Å². The number of rotatable bonds is 5. The number of thioether (sulfide) groups is 1. The summed E-state index contributed by atoms with van der Waals surface area (Å²) < 4.78 is 0. The number of aliphatic carboxylic acids is 1. The zero-order valence-electron chi connectivity index (χ0n) is 8.86. The molecule has 0 aliphatic rings. The zero-order valence-corrected chi connectivity index (χ0v) is 9.67. The molecule has 0 saturated heterocycles. The lowest BCUT2D eigenvalue weighted by Gasteiger charge is -2.06. The lowest BCUT2D eigenvalue weighted by Crippen LogP contribution is -2.25. The number of nitrogens with one attached hydrogen (secondary N) is 1. The van der Waals surface area contributed by atoms with E-state index in [2.05, 4.69) is 5.32 Å². The van der Waals surface area contributed by atoms with Gasteiger partial charge in [-0.2, -0.15) is 0 Å². The molecule has 5 heteroatoms. The van der Waals surface area contributed by atoms with Gasteiger partial charge in [-0.15, -0.1) is 11.8 Å². The standard InChI is InChI=1S/C11H13NO3S/c1-8-3-2-4-9(5-8)12-10(13)6-16-7-11(14)15/h2-5H,6-7H2,1H3,(H,12,13)(H,14,15)/p-1. The number of hydrogen-bond donors (Lipinski definition) is 1. The highest BCUT2D eigenvalue weighted by Gasteiger charge is 2.02. The molecule has 0 bridgehead atoms. The van der Waals surface area contributed by atoms with E-state index in [0.717, 1.165) is 23.0 Å². The molecule has 0 aliphatic heterocycles. The van der Waals surface area contributed by atoms with E-state index in [9.17, 15) is 14.7 Å². The highest BCUT2D eigenvalue weighted by molar-refractivity contribution is 8.00. The first kappa shape index (κ1) is 12.6. The molecule has 4 nitrogen and oxygen atoms in total. The molecular formula is C11H12NO3S-. The van der Waals surface area contributed by atoms with Crippen molar-refractivity contribution >= 4 is 29.3 Å². The second kappa shape index (κ2) is 6.17. The molecule has 1 aromatic rings. The monoisotopic (exact) mass is 238 g/mol. The second-order valence-corrected chi connectivity index (χ2v) is 4.27. The highest BCUT2D eigenvalue weighted by Crippen LogP contribution is 2.10. The summed E-state index contributed by atoms with van der Waals surface area (Å²) in [4.78, 5) is 21.5. The Balaban J connectivity index is 2.37. The number of carboxylic acids is 1. The number of aryl methyl sites for hydroxylation is 1. The summed E-state index contributed by atoms with van der Waals surface area (Å²) in [6, 6.07) is 7.41. The fourth-order valence-corrected chi connectivity index (χ4v) is 1.67. The molecule has 0 unspecified atom stereocenters. The quantitative estimate of drug-likeness (QED) is 0.807. The van der Waals surface area contributed by atoms with E-state index in [1.807, 2.05) is 25.1 Å². The number of carbonyl (C=O) groups excluding carboxylic acids is 2. The van der Waals surface area contributed by atoms with Crippen LogP contribution in [0.25, 0.3) is 0 Å². The molecule has 0 radical (unpaired) electrons. The first-order valence-corrected chi connectivity index (χ1v) is 5.87. The maximum Gasteiger partial charge on any atom is 0.234 e. The Bertz CT molecular complexity index is 393. The Morgan fingerprint density at radius 1 is 1.38 bits per heavy atom. The topological polar surface area (TPSA) is 69.2 Å². The Morgan fingerprint density at radius 2 is 2.12 bits per heavy atom. The largest absolute Gasteiger partial charge is 0.549 e. The molecule has 0 aromatic heterocycles. The van der Waals surface area contributed by atoms with Crippen molar-refractivity contribution in [1.82, 2.24) is 0 Å². The van der Waals surface area contributed by atoms with Crippen LogP contribution in [0.4, 0.5) is 5.69 Å². The third kappa shape index (κ3) is 4.84. The van der Waals surface area contributed by atoms with Gasteiger partial charge < -0.3 is 15.2 Å². The third-order valence-electron chi connectivity index (χ3n) is 1.75. The molecule has 0 heterocycles. The summed E-state index contributed by atoms with van der Waals surface area (Å²) in [5.41, 5.74) is 1.78. The van der Waals surface area contributed by atoms with Crippen molar-refractivity contribution in [3.63, 3.8) is 0 Å². The molecule has 0 fully saturated rings. The van der Waals surface area contributed by atoms with E-state index in [1.54, 1.807) is 6.07 Å². The van der Waals surface area contributed by atoms with Crippen LogP contribution in [0.1, 0.15) is 5.56 Å². The average molecular weight is 238 g/mol. The van der Waals surface area contributed by atoms with Crippen LogP contribution in [-0.2, 0) is 9.59 Å². The molecule has 0 saturated carbocycles. The predicted octanol–water partition coefficient (Wildman–Crippen LogP) is 0.417. The summed E-state index contributed by atoms with van der Waals surface area (Å²) in [6.07, 6.45) is 0. The van der Waals surface area contributed by atoms with Crippen molar-refractivity contribution in [3.05, 3.63) is 29.8 Å². The number of amides is 1. The van der Waals surface area contributed by atoms with Gasteiger partial charge in [0.25, 0.3) is 0 Å². The van der Waals surface area contributed by atoms with E-state index in [0.29, 0.717) is 0 Å². The van der Waals surface area contributed by atoms with E-state index < -0.39 is 5.97 Å². The van der Waals surface area contributed by atoms with E-state index in [-0.39, 0.29) is 17.4 Å². The maximum atomic E-state index is 11.4. The van der Waals surface area contributed by atoms with Gasteiger partial charge >= 0.3 is 0 Å². The van der Waals surface area contributed by atoms with Crippen molar-refractivity contribution < 1.29 is 14.7 Å². The van der Waals surface area contributed by atoms with Crippen LogP contribution in [0.3, 0.4) is 0 Å².